The highest BCUT2D eigenvalue weighted by Crippen LogP contribution is 2.16. The number of nitrogens with one attached hydrogen (secondary N) is 1. The molecule has 0 radical (unpaired) electrons. The lowest BCUT2D eigenvalue weighted by Crippen LogP contribution is -2.21. The van der Waals surface area contributed by atoms with Crippen LogP contribution in [0.1, 0.15) is 11.4 Å². The number of alkyl halides is 2. The summed E-state index contributed by atoms with van der Waals surface area (Å²) in [6, 6.07) is 0. The predicted molar refractivity (Wildman–Crippen MR) is 66.3 cm³/mol. The second-order valence-corrected chi connectivity index (χ2v) is 4.72. The second-order valence-electron chi connectivity index (χ2n) is 3.84. The number of hydrogen-bond donors (Lipinski definition) is 1. The molecule has 0 aliphatic heterocycles. The van der Waals surface area contributed by atoms with E-state index in [0.29, 0.717) is 13.1 Å². The van der Waals surface area contributed by atoms with E-state index in [2.05, 4.69) is 10.3 Å². The summed E-state index contributed by atoms with van der Waals surface area (Å²) in [5, 5.41) is 5.14. The first-order valence-corrected chi connectivity index (χ1v) is 6.54. The lowest BCUT2D eigenvalue weighted by Gasteiger charge is -2.06. The third kappa shape index (κ3) is 3.24. The van der Waals surface area contributed by atoms with E-state index in [0.717, 1.165) is 16.3 Å². The number of hydrogen-bond acceptors (Lipinski definition) is 4. The molecule has 0 aliphatic rings. The van der Waals surface area contributed by atoms with Crippen LogP contribution >= 0.6 is 11.3 Å². The van der Waals surface area contributed by atoms with Gasteiger partial charge in [0.15, 0.2) is 4.96 Å². The fourth-order valence-electron chi connectivity index (χ4n) is 1.68. The minimum Gasteiger partial charge on any atom is -0.374 e. The minimum atomic E-state index is -2.40. The molecule has 0 aromatic carbocycles. The van der Waals surface area contributed by atoms with E-state index in [1.54, 1.807) is 11.3 Å². The number of imidazole rings is 1. The lowest BCUT2D eigenvalue weighted by atomic mass is 10.3. The summed E-state index contributed by atoms with van der Waals surface area (Å²) in [7, 11) is 0. The SMILES string of the molecule is Cc1nc2sccn2c1CNCCOCC(F)F. The zero-order valence-electron chi connectivity index (χ0n) is 10.0. The van der Waals surface area contributed by atoms with Gasteiger partial charge in [-0.1, -0.05) is 0 Å². The summed E-state index contributed by atoms with van der Waals surface area (Å²) in [6.45, 7) is 2.95. The van der Waals surface area contributed by atoms with Crippen LogP contribution in [0.4, 0.5) is 8.78 Å². The molecule has 18 heavy (non-hydrogen) atoms. The van der Waals surface area contributed by atoms with Crippen LogP contribution in [0.3, 0.4) is 0 Å². The van der Waals surface area contributed by atoms with Crippen molar-refractivity contribution in [2.24, 2.45) is 0 Å². The van der Waals surface area contributed by atoms with Crippen LogP contribution in [0.5, 0.6) is 0 Å². The first kappa shape index (κ1) is 13.4. The lowest BCUT2D eigenvalue weighted by molar-refractivity contribution is 0.0187. The van der Waals surface area contributed by atoms with Gasteiger partial charge >= 0.3 is 0 Å². The number of nitrogens with zero attached hydrogens (tertiary/aromatic N) is 2. The van der Waals surface area contributed by atoms with Crippen LogP contribution in [-0.2, 0) is 11.3 Å². The maximum absolute atomic E-state index is 11.8. The number of thiazole rings is 1. The third-order valence-electron chi connectivity index (χ3n) is 2.52. The maximum atomic E-state index is 11.8. The first-order chi connectivity index (χ1) is 8.68. The molecule has 0 saturated heterocycles. The highest BCUT2D eigenvalue weighted by molar-refractivity contribution is 7.15. The Morgan fingerprint density at radius 1 is 1.56 bits per heavy atom. The van der Waals surface area contributed by atoms with Crippen molar-refractivity contribution in [1.82, 2.24) is 14.7 Å². The quantitative estimate of drug-likeness (QED) is 0.786. The molecular formula is C11H15F2N3OS. The standard InChI is InChI=1S/C11H15F2N3OS/c1-8-9(16-3-5-18-11(16)15-8)6-14-2-4-17-7-10(12)13/h3,5,10,14H,2,4,6-7H2,1H3. The van der Waals surface area contributed by atoms with Gasteiger partial charge < -0.3 is 10.1 Å². The fourth-order valence-corrected chi connectivity index (χ4v) is 2.46. The molecule has 100 valence electrons. The number of aryl methyl sites for hydroxylation is 1. The van der Waals surface area contributed by atoms with Crippen molar-refractivity contribution in [3.05, 3.63) is 23.0 Å². The summed E-state index contributed by atoms with van der Waals surface area (Å²) in [5.41, 5.74) is 2.09. The predicted octanol–water partition coefficient (Wildman–Crippen LogP) is 2.08. The number of halogens is 2. The highest BCUT2D eigenvalue weighted by atomic mass is 32.1. The van der Waals surface area contributed by atoms with Gasteiger partial charge in [0.25, 0.3) is 6.43 Å². The van der Waals surface area contributed by atoms with E-state index in [1.165, 1.54) is 0 Å². The van der Waals surface area contributed by atoms with Gasteiger partial charge in [0, 0.05) is 24.7 Å². The Morgan fingerprint density at radius 3 is 3.17 bits per heavy atom. The van der Waals surface area contributed by atoms with Gasteiger partial charge in [-0.3, -0.25) is 4.40 Å². The van der Waals surface area contributed by atoms with Crippen molar-refractivity contribution in [3.63, 3.8) is 0 Å². The van der Waals surface area contributed by atoms with Crippen LogP contribution in [-0.4, -0.2) is 35.6 Å². The molecule has 0 bridgehead atoms. The Kier molecular flexibility index (Phi) is 4.62. The molecule has 2 aromatic heterocycles. The number of ether oxygens (including phenoxy) is 1. The Balaban J connectivity index is 1.76. The minimum absolute atomic E-state index is 0.287. The zero-order valence-corrected chi connectivity index (χ0v) is 10.8. The topological polar surface area (TPSA) is 38.6 Å². The van der Waals surface area contributed by atoms with Gasteiger partial charge in [-0.25, -0.2) is 13.8 Å². The number of aromatic nitrogens is 2. The van der Waals surface area contributed by atoms with Crippen LogP contribution in [0.25, 0.3) is 4.96 Å². The van der Waals surface area contributed by atoms with Crippen molar-refractivity contribution in [1.29, 1.82) is 0 Å². The molecule has 0 spiro atoms. The second kappa shape index (κ2) is 6.21. The molecule has 0 unspecified atom stereocenters. The van der Waals surface area contributed by atoms with Crippen molar-refractivity contribution in [2.75, 3.05) is 19.8 Å². The molecule has 2 rings (SSSR count). The summed E-state index contributed by atoms with van der Waals surface area (Å²) in [4.78, 5) is 5.39. The monoisotopic (exact) mass is 275 g/mol. The summed E-state index contributed by atoms with van der Waals surface area (Å²) >= 11 is 1.59. The summed E-state index contributed by atoms with van der Waals surface area (Å²) in [6.07, 6.45) is -0.419. The molecule has 0 fully saturated rings. The average Bonchev–Trinajstić information content (AvgIpc) is 2.85. The van der Waals surface area contributed by atoms with E-state index in [9.17, 15) is 8.78 Å². The van der Waals surface area contributed by atoms with E-state index in [1.807, 2.05) is 22.9 Å². The van der Waals surface area contributed by atoms with E-state index in [4.69, 9.17) is 4.74 Å². The molecule has 1 N–H and O–H groups in total. The normalized spacial score (nSPS) is 11.8. The Labute approximate surface area is 108 Å². The van der Waals surface area contributed by atoms with Gasteiger partial charge in [-0.15, -0.1) is 11.3 Å². The van der Waals surface area contributed by atoms with Gasteiger partial charge in [-0.2, -0.15) is 0 Å². The molecule has 0 amide bonds. The smallest absolute Gasteiger partial charge is 0.261 e. The molecular weight excluding hydrogens is 260 g/mol. The number of rotatable bonds is 7. The molecule has 2 aromatic rings. The van der Waals surface area contributed by atoms with E-state index < -0.39 is 13.0 Å². The molecule has 0 atom stereocenters. The maximum Gasteiger partial charge on any atom is 0.261 e. The van der Waals surface area contributed by atoms with Crippen molar-refractivity contribution >= 4 is 16.3 Å². The van der Waals surface area contributed by atoms with Crippen molar-refractivity contribution in [2.45, 2.75) is 19.9 Å². The Morgan fingerprint density at radius 2 is 2.39 bits per heavy atom. The fraction of sp³-hybridized carbons (Fsp3) is 0.545. The van der Waals surface area contributed by atoms with E-state index >= 15 is 0 Å². The van der Waals surface area contributed by atoms with E-state index in [-0.39, 0.29) is 6.61 Å². The average molecular weight is 275 g/mol. The van der Waals surface area contributed by atoms with Crippen molar-refractivity contribution < 1.29 is 13.5 Å². The Bertz CT molecular complexity index is 497. The summed E-state index contributed by atoms with van der Waals surface area (Å²) < 4.78 is 30.4. The largest absolute Gasteiger partial charge is 0.374 e. The van der Waals surface area contributed by atoms with Gasteiger partial charge in [0.1, 0.15) is 6.61 Å². The molecule has 2 heterocycles. The van der Waals surface area contributed by atoms with Crippen molar-refractivity contribution in [3.8, 4) is 0 Å². The van der Waals surface area contributed by atoms with Gasteiger partial charge in [0.2, 0.25) is 0 Å². The Hall–Kier alpha value is -1.05. The van der Waals surface area contributed by atoms with Crippen LogP contribution in [0, 0.1) is 6.92 Å². The molecule has 0 saturated carbocycles. The van der Waals surface area contributed by atoms with Crippen LogP contribution < -0.4 is 5.32 Å². The molecule has 4 nitrogen and oxygen atoms in total. The number of fused-ring (bicyclic) bond motifs is 1. The van der Waals surface area contributed by atoms with Gasteiger partial charge in [0.05, 0.1) is 18.0 Å². The molecule has 0 aliphatic carbocycles. The molecule has 7 heteroatoms. The third-order valence-corrected chi connectivity index (χ3v) is 3.28. The summed E-state index contributed by atoms with van der Waals surface area (Å²) in [5.74, 6) is 0. The highest BCUT2D eigenvalue weighted by Gasteiger charge is 2.08. The van der Waals surface area contributed by atoms with Gasteiger partial charge in [-0.05, 0) is 6.92 Å². The van der Waals surface area contributed by atoms with Crippen LogP contribution in [0.15, 0.2) is 11.6 Å². The van der Waals surface area contributed by atoms with Crippen LogP contribution in [0.2, 0.25) is 0 Å². The zero-order chi connectivity index (χ0) is 13.0. The first-order valence-electron chi connectivity index (χ1n) is 5.66.